The van der Waals surface area contributed by atoms with Gasteiger partial charge in [0.15, 0.2) is 0 Å². The van der Waals surface area contributed by atoms with Crippen molar-refractivity contribution in [2.45, 2.75) is 32.0 Å². The molecule has 1 heterocycles. The summed E-state index contributed by atoms with van der Waals surface area (Å²) in [6, 6.07) is 5.20. The normalized spacial score (nSPS) is 17.8. The molecule has 2 amide bonds. The van der Waals surface area contributed by atoms with Gasteiger partial charge in [-0.25, -0.2) is 5.48 Å². The number of nitrogens with two attached hydrogens (primary N) is 1. The summed E-state index contributed by atoms with van der Waals surface area (Å²) in [6.07, 6.45) is 0. The zero-order valence-electron chi connectivity index (χ0n) is 15.6. The number of amides is 2. The van der Waals surface area contributed by atoms with E-state index in [0.29, 0.717) is 5.56 Å². The third-order valence-electron chi connectivity index (χ3n) is 4.37. The minimum absolute atomic E-state index is 0.126. The summed E-state index contributed by atoms with van der Waals surface area (Å²) in [5, 5.41) is 11.2. The average Bonchev–Trinajstić information content (AvgIpc) is 2.70. The van der Waals surface area contributed by atoms with E-state index in [1.165, 1.54) is 5.48 Å². The second-order valence-corrected chi connectivity index (χ2v) is 6.46. The van der Waals surface area contributed by atoms with E-state index in [0.717, 1.165) is 31.9 Å². The van der Waals surface area contributed by atoms with E-state index >= 15 is 0 Å². The van der Waals surface area contributed by atoms with Crippen LogP contribution in [0.4, 0.5) is 0 Å². The molecule has 0 unspecified atom stereocenters. The molecule has 8 nitrogen and oxygen atoms in total. The fourth-order valence-corrected chi connectivity index (χ4v) is 2.68. The number of carbonyl (C=O) groups excluding carboxylic acids is 2. The van der Waals surface area contributed by atoms with Crippen LogP contribution in [0.1, 0.15) is 29.8 Å². The topological polar surface area (TPSA) is 117 Å². The first kappa shape index (κ1) is 20.9. The van der Waals surface area contributed by atoms with Gasteiger partial charge in [0, 0.05) is 30.3 Å². The van der Waals surface area contributed by atoms with Gasteiger partial charge in [0.25, 0.3) is 11.8 Å². The number of carbonyl (C=O) groups is 2. The largest absolute Gasteiger partial charge is 0.379 e. The Morgan fingerprint density at radius 2 is 1.85 bits per heavy atom. The predicted octanol–water partition coefficient (Wildman–Crippen LogP) is -0.290. The number of nitrogens with zero attached hydrogens (tertiary/aromatic N) is 1. The number of nitrogens with one attached hydrogen (secondary N) is 2. The number of ether oxygens (including phenoxy) is 1. The van der Waals surface area contributed by atoms with E-state index in [4.69, 9.17) is 15.7 Å². The maximum atomic E-state index is 12.3. The highest BCUT2D eigenvalue weighted by molar-refractivity contribution is 5.97. The molecule has 0 aliphatic carbocycles. The molecule has 1 aliphatic rings. The van der Waals surface area contributed by atoms with E-state index < -0.39 is 23.9 Å². The van der Waals surface area contributed by atoms with Crippen LogP contribution in [-0.4, -0.2) is 66.4 Å². The molecule has 1 aliphatic heterocycles. The van der Waals surface area contributed by atoms with Crippen LogP contribution in [0.25, 0.3) is 0 Å². The van der Waals surface area contributed by atoms with Crippen LogP contribution in [0.2, 0.25) is 0 Å². The molecular formula is C19H26N4O4. The van der Waals surface area contributed by atoms with Crippen molar-refractivity contribution in [1.82, 2.24) is 15.7 Å². The van der Waals surface area contributed by atoms with E-state index in [1.807, 2.05) is 0 Å². The van der Waals surface area contributed by atoms with E-state index in [-0.39, 0.29) is 6.04 Å². The zero-order chi connectivity index (χ0) is 19.8. The summed E-state index contributed by atoms with van der Waals surface area (Å²) in [4.78, 5) is 26.1. The van der Waals surface area contributed by atoms with Crippen LogP contribution in [0.15, 0.2) is 24.3 Å². The number of hydrogen-bond acceptors (Lipinski definition) is 6. The molecule has 1 aromatic carbocycles. The molecular weight excluding hydrogens is 348 g/mol. The van der Waals surface area contributed by atoms with Gasteiger partial charge in [-0.2, -0.15) is 0 Å². The molecule has 1 saturated heterocycles. The first-order chi connectivity index (χ1) is 12.9. The van der Waals surface area contributed by atoms with Gasteiger partial charge in [0.2, 0.25) is 0 Å². The first-order valence-electron chi connectivity index (χ1n) is 8.86. The van der Waals surface area contributed by atoms with E-state index in [2.05, 4.69) is 29.0 Å². The van der Waals surface area contributed by atoms with Gasteiger partial charge in [0.1, 0.15) is 6.04 Å². The van der Waals surface area contributed by atoms with Gasteiger partial charge >= 0.3 is 0 Å². The van der Waals surface area contributed by atoms with Crippen molar-refractivity contribution in [2.24, 2.45) is 5.73 Å². The lowest BCUT2D eigenvalue weighted by atomic mass is 10.1. The summed E-state index contributed by atoms with van der Waals surface area (Å²) < 4.78 is 5.34. The number of hydroxylamine groups is 1. The highest BCUT2D eigenvalue weighted by Gasteiger charge is 2.24. The molecule has 3 atom stereocenters. The molecule has 2 rings (SSSR count). The fraction of sp³-hybridized carbons (Fsp3) is 0.474. The second kappa shape index (κ2) is 10.0. The van der Waals surface area contributed by atoms with Crippen LogP contribution in [0, 0.1) is 11.8 Å². The minimum atomic E-state index is -1.03. The van der Waals surface area contributed by atoms with Crippen LogP contribution < -0.4 is 16.5 Å². The Labute approximate surface area is 159 Å². The highest BCUT2D eigenvalue weighted by Crippen LogP contribution is 2.06. The standard InChI is InChI=1S/C19H26N4O4/c1-13(23-9-11-27-12-10-23)3-4-15-5-7-16(8-6-15)18(24)21-17(14(2)20)19(25)22-26/h5-8,13-14,17,26H,9-12,20H2,1-2H3,(H,21,24)(H,22,25)/t13-,14+,17-/m0/s1. The molecule has 1 fully saturated rings. The van der Waals surface area contributed by atoms with Gasteiger partial charge in [-0.05, 0) is 38.1 Å². The maximum Gasteiger partial charge on any atom is 0.267 e. The summed E-state index contributed by atoms with van der Waals surface area (Å²) in [5.74, 6) is 5.10. The third-order valence-corrected chi connectivity index (χ3v) is 4.37. The first-order valence-corrected chi connectivity index (χ1v) is 8.86. The molecule has 0 saturated carbocycles. The fourth-order valence-electron chi connectivity index (χ4n) is 2.68. The Hall–Kier alpha value is -2.44. The Bertz CT molecular complexity index is 703. The molecule has 146 valence electrons. The molecule has 27 heavy (non-hydrogen) atoms. The van der Waals surface area contributed by atoms with Crippen LogP contribution in [0.5, 0.6) is 0 Å². The van der Waals surface area contributed by atoms with Crippen molar-refractivity contribution in [3.63, 3.8) is 0 Å². The van der Waals surface area contributed by atoms with Crippen molar-refractivity contribution in [2.75, 3.05) is 26.3 Å². The Balaban J connectivity index is 1.99. The van der Waals surface area contributed by atoms with E-state index in [1.54, 1.807) is 31.2 Å². The smallest absolute Gasteiger partial charge is 0.267 e. The quantitative estimate of drug-likeness (QED) is 0.320. The summed E-state index contributed by atoms with van der Waals surface area (Å²) in [5.41, 5.74) is 8.35. The Morgan fingerprint density at radius 1 is 1.22 bits per heavy atom. The predicted molar refractivity (Wildman–Crippen MR) is 100 cm³/mol. The Kier molecular flexibility index (Phi) is 7.76. The number of rotatable bonds is 5. The number of morpholine rings is 1. The van der Waals surface area contributed by atoms with Crippen molar-refractivity contribution in [1.29, 1.82) is 0 Å². The van der Waals surface area contributed by atoms with Gasteiger partial charge < -0.3 is 15.8 Å². The molecule has 0 radical (unpaired) electrons. The van der Waals surface area contributed by atoms with Gasteiger partial charge in [0.05, 0.1) is 19.3 Å². The lowest BCUT2D eigenvalue weighted by molar-refractivity contribution is -0.131. The minimum Gasteiger partial charge on any atom is -0.379 e. The highest BCUT2D eigenvalue weighted by atomic mass is 16.5. The number of hydrogen-bond donors (Lipinski definition) is 4. The van der Waals surface area contributed by atoms with Gasteiger partial charge in [-0.15, -0.1) is 0 Å². The zero-order valence-corrected chi connectivity index (χ0v) is 15.6. The maximum absolute atomic E-state index is 12.3. The second-order valence-electron chi connectivity index (χ2n) is 6.46. The van der Waals surface area contributed by atoms with Crippen molar-refractivity contribution in [3.05, 3.63) is 35.4 Å². The Morgan fingerprint density at radius 3 is 2.41 bits per heavy atom. The number of benzene rings is 1. The van der Waals surface area contributed by atoms with Crippen LogP contribution >= 0.6 is 0 Å². The van der Waals surface area contributed by atoms with Crippen molar-refractivity contribution in [3.8, 4) is 11.8 Å². The summed E-state index contributed by atoms with van der Waals surface area (Å²) in [6.45, 7) is 6.82. The van der Waals surface area contributed by atoms with Crippen molar-refractivity contribution >= 4 is 11.8 Å². The van der Waals surface area contributed by atoms with Crippen LogP contribution in [-0.2, 0) is 9.53 Å². The van der Waals surface area contributed by atoms with Gasteiger partial charge in [-0.1, -0.05) is 11.8 Å². The molecule has 0 spiro atoms. The summed E-state index contributed by atoms with van der Waals surface area (Å²) in [7, 11) is 0. The lowest BCUT2D eigenvalue weighted by Gasteiger charge is -2.29. The molecule has 0 aromatic heterocycles. The van der Waals surface area contributed by atoms with Crippen LogP contribution in [0.3, 0.4) is 0 Å². The molecule has 1 aromatic rings. The summed E-state index contributed by atoms with van der Waals surface area (Å²) >= 11 is 0. The lowest BCUT2D eigenvalue weighted by Crippen LogP contribution is -2.54. The average molecular weight is 374 g/mol. The monoisotopic (exact) mass is 374 g/mol. The third kappa shape index (κ3) is 6.05. The van der Waals surface area contributed by atoms with E-state index in [9.17, 15) is 9.59 Å². The molecule has 5 N–H and O–H groups in total. The SMILES string of the molecule is C[C@@H](N)[C@H](NC(=O)c1ccc(C#C[C@H](C)N2CCOCC2)cc1)C(=O)NO. The molecule has 8 heteroatoms. The molecule has 0 bridgehead atoms. The van der Waals surface area contributed by atoms with Crippen molar-refractivity contribution < 1.29 is 19.5 Å². The van der Waals surface area contributed by atoms with Gasteiger partial charge in [-0.3, -0.25) is 19.7 Å².